The first-order valence-corrected chi connectivity index (χ1v) is 13.1. The van der Waals surface area contributed by atoms with E-state index in [9.17, 15) is 23.8 Å². The molecule has 3 amide bonds. The fourth-order valence-electron chi connectivity index (χ4n) is 4.07. The van der Waals surface area contributed by atoms with E-state index in [-0.39, 0.29) is 24.9 Å². The first-order valence-electron chi connectivity index (χ1n) is 13.1. The second-order valence-electron chi connectivity index (χ2n) is 10.4. The molecule has 0 aliphatic carbocycles. The molecule has 4 N–H and O–H groups in total. The molecule has 0 radical (unpaired) electrons. The van der Waals surface area contributed by atoms with Gasteiger partial charge in [0.2, 0.25) is 11.8 Å². The van der Waals surface area contributed by atoms with E-state index >= 15 is 0 Å². The maximum Gasteiger partial charge on any atom is 0.374 e. The fraction of sp³-hybridized carbons (Fsp3) is 0.357. The van der Waals surface area contributed by atoms with Crippen molar-refractivity contribution in [3.63, 3.8) is 0 Å². The zero-order valence-corrected chi connectivity index (χ0v) is 23.8. The number of hydrogen-bond donors (Lipinski definition) is 4. The molecule has 3 rings (SSSR count). The molecule has 2 aromatic carbocycles. The summed E-state index contributed by atoms with van der Waals surface area (Å²) in [6, 6.07) is 13.0. The molecule has 0 fully saturated rings. The van der Waals surface area contributed by atoms with Gasteiger partial charge in [-0.1, -0.05) is 42.5 Å². The quantitative estimate of drug-likeness (QED) is 0.232. The summed E-state index contributed by atoms with van der Waals surface area (Å²) in [6.45, 7) is 4.71. The first-order chi connectivity index (χ1) is 19.4. The molecule has 0 saturated heterocycles. The van der Waals surface area contributed by atoms with Gasteiger partial charge in [-0.25, -0.2) is 9.37 Å². The molecule has 13 heteroatoms. The van der Waals surface area contributed by atoms with Gasteiger partial charge in [0.1, 0.15) is 17.9 Å². The Morgan fingerprint density at radius 1 is 1.12 bits per heavy atom. The average molecular weight is 566 g/mol. The Labute approximate surface area is 239 Å². The van der Waals surface area contributed by atoms with Gasteiger partial charge in [-0.3, -0.25) is 14.4 Å². The van der Waals surface area contributed by atoms with E-state index in [1.807, 2.05) is 30.3 Å². The number of benzene rings is 2. The van der Waals surface area contributed by atoms with Gasteiger partial charge in [0.25, 0.3) is 5.91 Å². The van der Waals surface area contributed by atoms with Crippen LogP contribution in [0.2, 0.25) is 6.82 Å². The number of carbonyl (C=O) groups excluding carboxylic acids is 3. The van der Waals surface area contributed by atoms with Crippen LogP contribution in [0.1, 0.15) is 31.0 Å². The van der Waals surface area contributed by atoms with Gasteiger partial charge in [-0.05, 0) is 43.9 Å². The van der Waals surface area contributed by atoms with Gasteiger partial charge in [0, 0.05) is 20.3 Å². The number of nitrogens with zero attached hydrogens (tertiary/aromatic N) is 3. The standard InChI is InChI=1S/C28H36BFN6O5/c1-28(2,34-29(3)40)27(39)32-22(17-41-16-19-9-7-6-8-10-19)25(37)33-23-15-36(18-31-23)24(26(38)35(4)5)20-11-13-21(30)14-12-20/h6-15,18,22,24,34,40H,16-17H2,1-5H3,(H,32,39)(H,33,37). The van der Waals surface area contributed by atoms with Crippen molar-refractivity contribution >= 4 is 30.6 Å². The smallest absolute Gasteiger partial charge is 0.374 e. The SMILES string of the molecule is CB(O)NC(C)(C)C(=O)NC(COCc1ccccc1)C(=O)Nc1cn(C(C(=O)N(C)C)c2ccc(F)cc2)cn1. The van der Waals surface area contributed by atoms with Crippen molar-refractivity contribution in [2.45, 2.75) is 44.9 Å². The number of anilines is 1. The number of imidazole rings is 1. The third-order valence-corrected chi connectivity index (χ3v) is 6.17. The van der Waals surface area contributed by atoms with E-state index in [0.717, 1.165) is 5.56 Å². The topological polar surface area (TPSA) is 138 Å². The maximum atomic E-state index is 13.5. The van der Waals surface area contributed by atoms with E-state index in [4.69, 9.17) is 4.74 Å². The molecule has 1 aromatic heterocycles. The van der Waals surface area contributed by atoms with Crippen LogP contribution in [0, 0.1) is 5.82 Å². The van der Waals surface area contributed by atoms with Crippen molar-refractivity contribution in [3.05, 3.63) is 84.1 Å². The number of nitrogens with one attached hydrogen (secondary N) is 3. The van der Waals surface area contributed by atoms with Crippen LogP contribution in [-0.2, 0) is 25.7 Å². The van der Waals surface area contributed by atoms with Crippen LogP contribution in [0.15, 0.2) is 67.1 Å². The Morgan fingerprint density at radius 2 is 1.78 bits per heavy atom. The molecule has 218 valence electrons. The molecule has 0 aliphatic heterocycles. The van der Waals surface area contributed by atoms with E-state index in [1.54, 1.807) is 27.9 Å². The Hall–Kier alpha value is -4.07. The number of hydrogen-bond acceptors (Lipinski definition) is 7. The van der Waals surface area contributed by atoms with E-state index in [2.05, 4.69) is 20.8 Å². The average Bonchev–Trinajstić information content (AvgIpc) is 3.36. The Morgan fingerprint density at radius 3 is 2.39 bits per heavy atom. The summed E-state index contributed by atoms with van der Waals surface area (Å²) >= 11 is 0. The lowest BCUT2D eigenvalue weighted by atomic mass is 9.83. The van der Waals surface area contributed by atoms with Gasteiger partial charge in [0.15, 0.2) is 5.82 Å². The zero-order valence-electron chi connectivity index (χ0n) is 23.8. The molecular weight excluding hydrogens is 530 g/mol. The lowest BCUT2D eigenvalue weighted by molar-refractivity contribution is -0.131. The molecule has 11 nitrogen and oxygen atoms in total. The summed E-state index contributed by atoms with van der Waals surface area (Å²) < 4.78 is 20.8. The molecular formula is C28H36BFN6O5. The molecule has 2 atom stereocenters. The largest absolute Gasteiger partial charge is 0.437 e. The molecule has 3 aromatic rings. The van der Waals surface area contributed by atoms with Gasteiger partial charge >= 0.3 is 7.05 Å². The fourth-order valence-corrected chi connectivity index (χ4v) is 4.07. The summed E-state index contributed by atoms with van der Waals surface area (Å²) in [5.74, 6) is -1.70. The van der Waals surface area contributed by atoms with Crippen molar-refractivity contribution in [3.8, 4) is 0 Å². The Bertz CT molecular complexity index is 1320. The van der Waals surface area contributed by atoms with E-state index < -0.39 is 42.3 Å². The third-order valence-electron chi connectivity index (χ3n) is 6.17. The highest BCUT2D eigenvalue weighted by Gasteiger charge is 2.33. The Balaban J connectivity index is 1.79. The van der Waals surface area contributed by atoms with Crippen molar-refractivity contribution in [2.75, 3.05) is 26.0 Å². The number of aromatic nitrogens is 2. The highest BCUT2D eigenvalue weighted by molar-refractivity contribution is 6.46. The second kappa shape index (κ2) is 14.0. The third kappa shape index (κ3) is 8.97. The lowest BCUT2D eigenvalue weighted by Gasteiger charge is -2.28. The highest BCUT2D eigenvalue weighted by atomic mass is 19.1. The van der Waals surface area contributed by atoms with Crippen LogP contribution >= 0.6 is 0 Å². The van der Waals surface area contributed by atoms with Crippen molar-refractivity contribution in [1.82, 2.24) is 25.0 Å². The van der Waals surface area contributed by atoms with Gasteiger partial charge in [-0.2, -0.15) is 0 Å². The number of ether oxygens (including phenoxy) is 1. The Kier molecular flexibility index (Phi) is 10.8. The minimum Gasteiger partial charge on any atom is -0.437 e. The summed E-state index contributed by atoms with van der Waals surface area (Å²) in [6.07, 6.45) is 2.87. The van der Waals surface area contributed by atoms with Crippen molar-refractivity contribution in [1.29, 1.82) is 0 Å². The number of halogens is 1. The van der Waals surface area contributed by atoms with E-state index in [1.165, 1.54) is 53.1 Å². The summed E-state index contributed by atoms with van der Waals surface area (Å²) in [5.41, 5.74) is 0.237. The zero-order chi connectivity index (χ0) is 30.2. The first kappa shape index (κ1) is 31.5. The van der Waals surface area contributed by atoms with Crippen molar-refractivity contribution < 1.29 is 28.5 Å². The normalized spacial score (nSPS) is 12.8. The number of carbonyl (C=O) groups is 3. The second-order valence-corrected chi connectivity index (χ2v) is 10.4. The predicted molar refractivity (Wildman–Crippen MR) is 153 cm³/mol. The molecule has 1 heterocycles. The monoisotopic (exact) mass is 566 g/mol. The maximum absolute atomic E-state index is 13.5. The van der Waals surface area contributed by atoms with Crippen LogP contribution in [0.3, 0.4) is 0 Å². The van der Waals surface area contributed by atoms with Crippen molar-refractivity contribution in [2.24, 2.45) is 0 Å². The van der Waals surface area contributed by atoms with Gasteiger partial charge in [0.05, 0.1) is 25.1 Å². The van der Waals surface area contributed by atoms with Crippen LogP contribution < -0.4 is 15.9 Å². The number of amides is 3. The molecule has 0 bridgehead atoms. The van der Waals surface area contributed by atoms with E-state index in [0.29, 0.717) is 5.56 Å². The van der Waals surface area contributed by atoms with Crippen LogP contribution in [0.25, 0.3) is 0 Å². The minimum atomic E-state index is -1.19. The van der Waals surface area contributed by atoms with Gasteiger partial charge in [-0.15, -0.1) is 0 Å². The summed E-state index contributed by atoms with van der Waals surface area (Å²) in [4.78, 5) is 45.0. The molecule has 2 unspecified atom stereocenters. The van der Waals surface area contributed by atoms with Gasteiger partial charge < -0.3 is 35.1 Å². The predicted octanol–water partition coefficient (Wildman–Crippen LogP) is 1.82. The number of likely N-dealkylation sites (N-methyl/N-ethyl adjacent to an activating group) is 1. The molecule has 0 saturated carbocycles. The molecule has 0 spiro atoms. The van der Waals surface area contributed by atoms with Crippen LogP contribution in [0.5, 0.6) is 0 Å². The summed E-state index contributed by atoms with van der Waals surface area (Å²) in [5, 5.41) is 17.8. The molecule has 41 heavy (non-hydrogen) atoms. The molecule has 0 aliphatic rings. The summed E-state index contributed by atoms with van der Waals surface area (Å²) in [7, 11) is 2.25. The van der Waals surface area contributed by atoms with Crippen LogP contribution in [-0.4, -0.2) is 76.5 Å². The highest BCUT2D eigenvalue weighted by Crippen LogP contribution is 2.22. The lowest BCUT2D eigenvalue weighted by Crippen LogP contribution is -2.60. The number of rotatable bonds is 13. The minimum absolute atomic E-state index is 0.136. The van der Waals surface area contributed by atoms with Crippen LogP contribution in [0.4, 0.5) is 10.2 Å².